The summed E-state index contributed by atoms with van der Waals surface area (Å²) < 4.78 is 5.38. The highest BCUT2D eigenvalue weighted by Gasteiger charge is 2.18. The van der Waals surface area contributed by atoms with Crippen LogP contribution in [-0.2, 0) is 4.74 Å². The number of rotatable bonds is 2. The zero-order valence-corrected chi connectivity index (χ0v) is 8.56. The first-order chi connectivity index (χ1) is 7.36. The van der Waals surface area contributed by atoms with E-state index in [4.69, 9.17) is 4.74 Å². The average Bonchev–Trinajstić information content (AvgIpc) is 2.31. The van der Waals surface area contributed by atoms with Crippen molar-refractivity contribution in [3.05, 3.63) is 35.9 Å². The monoisotopic (exact) mass is 204 g/mol. The molecule has 1 aliphatic heterocycles. The van der Waals surface area contributed by atoms with Crippen LogP contribution in [0.25, 0.3) is 0 Å². The van der Waals surface area contributed by atoms with E-state index in [0.717, 1.165) is 25.9 Å². The van der Waals surface area contributed by atoms with Crippen LogP contribution >= 0.6 is 0 Å². The number of hydrogen-bond donors (Lipinski definition) is 0. The third-order valence-corrected chi connectivity index (χ3v) is 2.50. The highest BCUT2D eigenvalue weighted by Crippen LogP contribution is 2.11. The van der Waals surface area contributed by atoms with E-state index in [2.05, 4.69) is 5.32 Å². The molecule has 15 heavy (non-hydrogen) atoms. The first kappa shape index (κ1) is 10.2. The van der Waals surface area contributed by atoms with Crippen LogP contribution in [-0.4, -0.2) is 25.2 Å². The SMILES string of the molecule is O=C(OC1CC[N]CC1)c1ccccc1. The van der Waals surface area contributed by atoms with Crippen molar-refractivity contribution in [1.82, 2.24) is 5.32 Å². The van der Waals surface area contributed by atoms with E-state index in [9.17, 15) is 4.79 Å². The Morgan fingerprint density at radius 2 is 1.87 bits per heavy atom. The van der Waals surface area contributed by atoms with Gasteiger partial charge in [0.2, 0.25) is 0 Å². The molecular formula is C12H14NO2. The number of carbonyl (C=O) groups is 1. The van der Waals surface area contributed by atoms with Crippen LogP contribution in [0.2, 0.25) is 0 Å². The number of piperidine rings is 1. The maximum atomic E-state index is 11.7. The zero-order chi connectivity index (χ0) is 10.5. The third-order valence-electron chi connectivity index (χ3n) is 2.50. The van der Waals surface area contributed by atoms with E-state index in [1.54, 1.807) is 12.1 Å². The quantitative estimate of drug-likeness (QED) is 0.687. The fraction of sp³-hybridized carbons (Fsp3) is 0.417. The molecule has 0 amide bonds. The standard InChI is InChI=1S/C12H14NO2/c14-12(10-4-2-1-3-5-10)15-11-6-8-13-9-7-11/h1-5,11H,6-9H2. The summed E-state index contributed by atoms with van der Waals surface area (Å²) in [5.74, 6) is -0.220. The largest absolute Gasteiger partial charge is 0.459 e. The van der Waals surface area contributed by atoms with Gasteiger partial charge in [0, 0.05) is 13.1 Å². The Bertz CT molecular complexity index is 318. The van der Waals surface area contributed by atoms with E-state index in [1.165, 1.54) is 0 Å². The molecule has 0 atom stereocenters. The molecule has 2 rings (SSSR count). The molecule has 3 heteroatoms. The topological polar surface area (TPSA) is 40.4 Å². The minimum atomic E-state index is -0.220. The van der Waals surface area contributed by atoms with Crippen molar-refractivity contribution in [2.75, 3.05) is 13.1 Å². The molecule has 1 heterocycles. The lowest BCUT2D eigenvalue weighted by Gasteiger charge is -2.21. The van der Waals surface area contributed by atoms with Crippen molar-refractivity contribution in [3.63, 3.8) is 0 Å². The van der Waals surface area contributed by atoms with Gasteiger partial charge in [0.05, 0.1) is 5.56 Å². The molecule has 0 saturated carbocycles. The van der Waals surface area contributed by atoms with Gasteiger partial charge in [-0.05, 0) is 25.0 Å². The third kappa shape index (κ3) is 2.80. The van der Waals surface area contributed by atoms with Crippen LogP contribution in [0.5, 0.6) is 0 Å². The van der Waals surface area contributed by atoms with Gasteiger partial charge in [-0.15, -0.1) is 0 Å². The van der Waals surface area contributed by atoms with Gasteiger partial charge in [-0.1, -0.05) is 18.2 Å². The smallest absolute Gasteiger partial charge is 0.338 e. The molecule has 0 aromatic heterocycles. The summed E-state index contributed by atoms with van der Waals surface area (Å²) in [6.45, 7) is 1.62. The molecule has 1 aromatic carbocycles. The van der Waals surface area contributed by atoms with Gasteiger partial charge in [-0.2, -0.15) is 0 Å². The summed E-state index contributed by atoms with van der Waals surface area (Å²) in [7, 11) is 0. The van der Waals surface area contributed by atoms with Crippen molar-refractivity contribution in [3.8, 4) is 0 Å². The Kier molecular flexibility index (Phi) is 3.35. The molecule has 0 N–H and O–H groups in total. The Hall–Kier alpha value is -1.35. The van der Waals surface area contributed by atoms with Gasteiger partial charge in [-0.3, -0.25) is 0 Å². The first-order valence-electron chi connectivity index (χ1n) is 5.25. The predicted molar refractivity (Wildman–Crippen MR) is 56.7 cm³/mol. The zero-order valence-electron chi connectivity index (χ0n) is 8.56. The maximum Gasteiger partial charge on any atom is 0.338 e. The highest BCUT2D eigenvalue weighted by molar-refractivity contribution is 5.89. The van der Waals surface area contributed by atoms with Gasteiger partial charge >= 0.3 is 5.97 Å². The van der Waals surface area contributed by atoms with Crippen LogP contribution < -0.4 is 5.32 Å². The minimum absolute atomic E-state index is 0.0511. The van der Waals surface area contributed by atoms with Gasteiger partial charge in [0.25, 0.3) is 0 Å². The number of hydrogen-bond acceptors (Lipinski definition) is 2. The number of esters is 1. The fourth-order valence-electron chi connectivity index (χ4n) is 1.64. The molecule has 1 aromatic rings. The Morgan fingerprint density at radius 1 is 1.20 bits per heavy atom. The number of ether oxygens (including phenoxy) is 1. The summed E-state index contributed by atoms with van der Waals surface area (Å²) in [6, 6.07) is 9.11. The maximum absolute atomic E-state index is 11.7. The van der Waals surface area contributed by atoms with Crippen LogP contribution in [0.4, 0.5) is 0 Å². The lowest BCUT2D eigenvalue weighted by atomic mass is 10.1. The molecule has 1 radical (unpaired) electrons. The second kappa shape index (κ2) is 4.94. The molecule has 3 nitrogen and oxygen atoms in total. The summed E-state index contributed by atoms with van der Waals surface area (Å²) >= 11 is 0. The predicted octanol–water partition coefficient (Wildman–Crippen LogP) is 1.61. The Morgan fingerprint density at radius 3 is 2.53 bits per heavy atom. The van der Waals surface area contributed by atoms with E-state index in [-0.39, 0.29) is 12.1 Å². The summed E-state index contributed by atoms with van der Waals surface area (Å²) in [5.41, 5.74) is 0.625. The van der Waals surface area contributed by atoms with Crippen molar-refractivity contribution in [2.45, 2.75) is 18.9 Å². The molecule has 1 aliphatic rings. The van der Waals surface area contributed by atoms with Crippen molar-refractivity contribution >= 4 is 5.97 Å². The molecule has 1 fully saturated rings. The lowest BCUT2D eigenvalue weighted by molar-refractivity contribution is 0.0227. The molecule has 79 valence electrons. The van der Waals surface area contributed by atoms with Gasteiger partial charge in [0.15, 0.2) is 0 Å². The van der Waals surface area contributed by atoms with E-state index < -0.39 is 0 Å². The van der Waals surface area contributed by atoms with Crippen molar-refractivity contribution in [2.24, 2.45) is 0 Å². The van der Waals surface area contributed by atoms with Crippen LogP contribution in [0.1, 0.15) is 23.2 Å². The Balaban J connectivity index is 1.91. The number of benzene rings is 1. The average molecular weight is 204 g/mol. The summed E-state index contributed by atoms with van der Waals surface area (Å²) in [5, 5.41) is 4.22. The lowest BCUT2D eigenvalue weighted by Crippen LogP contribution is -2.30. The Labute approximate surface area is 89.4 Å². The van der Waals surface area contributed by atoms with Crippen molar-refractivity contribution in [1.29, 1.82) is 0 Å². The van der Waals surface area contributed by atoms with E-state index in [1.807, 2.05) is 18.2 Å². The fourth-order valence-corrected chi connectivity index (χ4v) is 1.64. The molecule has 0 bridgehead atoms. The normalized spacial score (nSPS) is 17.3. The molecule has 0 unspecified atom stereocenters. The minimum Gasteiger partial charge on any atom is -0.459 e. The van der Waals surface area contributed by atoms with Crippen LogP contribution in [0.15, 0.2) is 30.3 Å². The van der Waals surface area contributed by atoms with E-state index in [0.29, 0.717) is 5.56 Å². The summed E-state index contributed by atoms with van der Waals surface area (Å²) in [4.78, 5) is 11.7. The molecular weight excluding hydrogens is 190 g/mol. The number of nitrogens with zero attached hydrogens (tertiary/aromatic N) is 1. The van der Waals surface area contributed by atoms with Gasteiger partial charge in [0.1, 0.15) is 6.10 Å². The second-order valence-corrected chi connectivity index (χ2v) is 3.64. The first-order valence-corrected chi connectivity index (χ1v) is 5.25. The van der Waals surface area contributed by atoms with E-state index >= 15 is 0 Å². The molecule has 1 saturated heterocycles. The second-order valence-electron chi connectivity index (χ2n) is 3.64. The van der Waals surface area contributed by atoms with Crippen LogP contribution in [0, 0.1) is 0 Å². The highest BCUT2D eigenvalue weighted by atomic mass is 16.5. The van der Waals surface area contributed by atoms with Gasteiger partial charge < -0.3 is 4.74 Å². The molecule has 0 aliphatic carbocycles. The van der Waals surface area contributed by atoms with Gasteiger partial charge in [-0.25, -0.2) is 10.1 Å². The summed E-state index contributed by atoms with van der Waals surface area (Å²) in [6.07, 6.45) is 1.77. The van der Waals surface area contributed by atoms with Crippen molar-refractivity contribution < 1.29 is 9.53 Å². The number of carbonyl (C=O) groups excluding carboxylic acids is 1. The van der Waals surface area contributed by atoms with Crippen LogP contribution in [0.3, 0.4) is 0 Å². The molecule has 0 spiro atoms.